The summed E-state index contributed by atoms with van der Waals surface area (Å²) in [6.07, 6.45) is 0. The molecule has 4 aromatic carbocycles. The van der Waals surface area contributed by atoms with Crippen LogP contribution in [0.2, 0.25) is 0 Å². The molecule has 6 heteroatoms. The van der Waals surface area contributed by atoms with Gasteiger partial charge < -0.3 is 4.57 Å². The summed E-state index contributed by atoms with van der Waals surface area (Å²) in [6, 6.07) is 35.4. The molecule has 0 aliphatic rings. The summed E-state index contributed by atoms with van der Waals surface area (Å²) < 4.78 is 44.3. The highest BCUT2D eigenvalue weighted by atomic mass is 32.2. The molecule has 0 fully saturated rings. The van der Waals surface area contributed by atoms with Crippen molar-refractivity contribution in [3.63, 3.8) is 0 Å². The number of sulfonamides is 1. The maximum absolute atomic E-state index is 14.9. The molecule has 4 nitrogen and oxygen atoms in total. The molecule has 1 atom stereocenters. The fraction of sp³-hybridized carbons (Fsp3) is 0.0400. The number of hydrogen-bond acceptors (Lipinski definition) is 3. The number of rotatable bonds is 7. The Bertz CT molecular complexity index is 1240. The predicted molar refractivity (Wildman–Crippen MR) is 126 cm³/mol. The Morgan fingerprint density at radius 3 is 1.42 bits per heavy atom. The van der Waals surface area contributed by atoms with Gasteiger partial charge >= 0.3 is 0 Å². The summed E-state index contributed by atoms with van der Waals surface area (Å²) >= 11 is 0. The highest BCUT2D eigenvalue weighted by molar-refractivity contribution is 7.90. The number of benzene rings is 4. The van der Waals surface area contributed by atoms with Crippen LogP contribution < -0.4 is 15.3 Å². The van der Waals surface area contributed by atoms with E-state index in [0.29, 0.717) is 16.2 Å². The van der Waals surface area contributed by atoms with Crippen LogP contribution in [0.5, 0.6) is 0 Å². The molecule has 0 amide bonds. The molecule has 0 bridgehead atoms. The van der Waals surface area contributed by atoms with Crippen LogP contribution >= 0.6 is 7.14 Å². The second-order valence-electron chi connectivity index (χ2n) is 7.08. The monoisotopic (exact) mass is 447 g/mol. The fourth-order valence-corrected chi connectivity index (χ4v) is 8.36. The van der Waals surface area contributed by atoms with Gasteiger partial charge in [-0.1, -0.05) is 109 Å². The second kappa shape index (κ2) is 9.03. The van der Waals surface area contributed by atoms with Crippen LogP contribution in [0.1, 0.15) is 11.3 Å². The van der Waals surface area contributed by atoms with E-state index < -0.39 is 22.9 Å². The van der Waals surface area contributed by atoms with Crippen molar-refractivity contribution in [2.24, 2.45) is 0 Å². The van der Waals surface area contributed by atoms with Crippen LogP contribution in [-0.4, -0.2) is 8.42 Å². The Morgan fingerprint density at radius 2 is 0.968 bits per heavy atom. The van der Waals surface area contributed by atoms with Crippen molar-refractivity contribution in [2.45, 2.75) is 10.7 Å². The maximum Gasteiger partial charge on any atom is 0.241 e. The largest absolute Gasteiger partial charge is 0.312 e. The van der Waals surface area contributed by atoms with Crippen molar-refractivity contribution in [3.8, 4) is 0 Å². The average molecular weight is 447 g/mol. The first-order valence-electron chi connectivity index (χ1n) is 9.85. The molecule has 0 saturated heterocycles. The summed E-state index contributed by atoms with van der Waals surface area (Å²) in [5, 5.41) is 1.18. The van der Waals surface area contributed by atoms with Gasteiger partial charge in [-0.2, -0.15) is 4.72 Å². The molecule has 0 saturated carbocycles. The maximum atomic E-state index is 14.9. The Kier molecular flexibility index (Phi) is 6.19. The van der Waals surface area contributed by atoms with Gasteiger partial charge in [-0.05, 0) is 17.7 Å². The predicted octanol–water partition coefficient (Wildman–Crippen LogP) is 4.68. The Labute approximate surface area is 183 Å². The van der Waals surface area contributed by atoms with E-state index in [-0.39, 0.29) is 4.90 Å². The zero-order valence-electron chi connectivity index (χ0n) is 16.7. The highest BCUT2D eigenvalue weighted by Gasteiger charge is 2.40. The summed E-state index contributed by atoms with van der Waals surface area (Å²) in [5.74, 6) is -0.969. The molecule has 0 unspecified atom stereocenters. The van der Waals surface area contributed by atoms with Crippen LogP contribution in [0.3, 0.4) is 0 Å². The molecule has 4 aromatic rings. The lowest BCUT2D eigenvalue weighted by Gasteiger charge is -2.30. The van der Waals surface area contributed by atoms with E-state index in [9.17, 15) is 13.0 Å². The van der Waals surface area contributed by atoms with Crippen molar-refractivity contribution < 1.29 is 13.0 Å². The van der Waals surface area contributed by atoms with Crippen molar-refractivity contribution in [3.05, 3.63) is 127 Å². The molecule has 0 heterocycles. The van der Waals surface area contributed by atoms with Gasteiger partial charge in [-0.15, -0.1) is 0 Å². The minimum Gasteiger partial charge on any atom is -0.312 e. The van der Waals surface area contributed by atoms with E-state index in [1.807, 2.05) is 54.6 Å². The molecule has 0 aliphatic heterocycles. The standard InChI is InChI=1S/C25H22NO3PS/c27-30(22-15-7-2-8-16-22,23-17-9-3-10-18-23)25(21-13-5-1-6-14-21)26-31(28,29)24-19-11-4-12-20-24/h1-20,25-26H/t25-/m1/s1. The third kappa shape index (κ3) is 4.40. The zero-order valence-corrected chi connectivity index (χ0v) is 18.4. The highest BCUT2D eigenvalue weighted by Crippen LogP contribution is 2.56. The number of hydrogen-bond donors (Lipinski definition) is 1. The Balaban J connectivity index is 1.94. The van der Waals surface area contributed by atoms with Crippen LogP contribution in [0.25, 0.3) is 0 Å². The van der Waals surface area contributed by atoms with E-state index in [1.54, 1.807) is 54.6 Å². The quantitative estimate of drug-likeness (QED) is 0.419. The number of nitrogens with one attached hydrogen (secondary N) is 1. The van der Waals surface area contributed by atoms with Crippen LogP contribution in [0.15, 0.2) is 126 Å². The molecule has 31 heavy (non-hydrogen) atoms. The van der Waals surface area contributed by atoms with Gasteiger partial charge in [-0.3, -0.25) is 0 Å². The van der Waals surface area contributed by atoms with Gasteiger partial charge in [0, 0.05) is 10.6 Å². The van der Waals surface area contributed by atoms with E-state index in [4.69, 9.17) is 0 Å². The fourth-order valence-electron chi connectivity index (χ4n) is 3.55. The van der Waals surface area contributed by atoms with Crippen molar-refractivity contribution in [2.75, 3.05) is 0 Å². The lowest BCUT2D eigenvalue weighted by molar-refractivity contribution is 0.560. The van der Waals surface area contributed by atoms with Crippen LogP contribution in [0, 0.1) is 0 Å². The minimum absolute atomic E-state index is 0.128. The van der Waals surface area contributed by atoms with Gasteiger partial charge in [-0.25, -0.2) is 8.42 Å². The Morgan fingerprint density at radius 1 is 0.581 bits per heavy atom. The van der Waals surface area contributed by atoms with Gasteiger partial charge in [0.25, 0.3) is 0 Å². The van der Waals surface area contributed by atoms with E-state index in [1.165, 1.54) is 12.1 Å². The SMILES string of the molecule is O=P(c1ccccc1)(c1ccccc1)[C@@H](NS(=O)(=O)c1ccccc1)c1ccccc1. The molecular weight excluding hydrogens is 425 g/mol. The van der Waals surface area contributed by atoms with Crippen molar-refractivity contribution in [1.29, 1.82) is 0 Å². The first-order valence-corrected chi connectivity index (χ1v) is 13.1. The molecule has 0 aliphatic carbocycles. The third-order valence-corrected chi connectivity index (χ3v) is 9.98. The molecular formula is C25H22NO3PS. The molecule has 156 valence electrons. The zero-order chi connectivity index (χ0) is 21.7. The van der Waals surface area contributed by atoms with Gasteiger partial charge in [0.05, 0.1) is 4.90 Å². The first-order chi connectivity index (χ1) is 15.0. The van der Waals surface area contributed by atoms with E-state index in [2.05, 4.69) is 4.72 Å². The molecule has 0 aromatic heterocycles. The summed E-state index contributed by atoms with van der Waals surface area (Å²) in [6.45, 7) is 0. The van der Waals surface area contributed by atoms with Crippen molar-refractivity contribution in [1.82, 2.24) is 4.72 Å². The Hall–Kier alpha value is -2.98. The first kappa shape index (κ1) is 21.3. The molecule has 4 rings (SSSR count). The average Bonchev–Trinajstić information content (AvgIpc) is 2.84. The summed E-state index contributed by atoms with van der Waals surface area (Å²) in [4.78, 5) is 0.128. The summed E-state index contributed by atoms with van der Waals surface area (Å²) in [7, 11) is -7.39. The lowest BCUT2D eigenvalue weighted by Crippen LogP contribution is -2.34. The topological polar surface area (TPSA) is 63.2 Å². The minimum atomic E-state index is -3.93. The molecule has 1 N–H and O–H groups in total. The van der Waals surface area contributed by atoms with Gasteiger partial charge in [0.2, 0.25) is 10.0 Å². The van der Waals surface area contributed by atoms with Crippen molar-refractivity contribution >= 4 is 27.8 Å². The van der Waals surface area contributed by atoms with E-state index in [0.717, 1.165) is 0 Å². The normalized spacial score (nSPS) is 12.9. The molecule has 0 radical (unpaired) electrons. The van der Waals surface area contributed by atoms with Gasteiger partial charge in [0.1, 0.15) is 5.78 Å². The van der Waals surface area contributed by atoms with E-state index >= 15 is 0 Å². The second-order valence-corrected chi connectivity index (χ2v) is 11.7. The van der Waals surface area contributed by atoms with Crippen LogP contribution in [-0.2, 0) is 14.6 Å². The lowest BCUT2D eigenvalue weighted by atomic mass is 10.2. The van der Waals surface area contributed by atoms with Gasteiger partial charge in [0.15, 0.2) is 7.14 Å². The summed E-state index contributed by atoms with van der Waals surface area (Å²) in [5.41, 5.74) is 0.637. The smallest absolute Gasteiger partial charge is 0.241 e. The third-order valence-electron chi connectivity index (χ3n) is 5.08. The van der Waals surface area contributed by atoms with Crippen LogP contribution in [0.4, 0.5) is 0 Å². The molecule has 0 spiro atoms.